The van der Waals surface area contributed by atoms with E-state index in [0.717, 1.165) is 0 Å². The molecule has 1 saturated heterocycles. The Kier molecular flexibility index (Phi) is 3.65. The predicted molar refractivity (Wildman–Crippen MR) is 47.1 cm³/mol. The van der Waals surface area contributed by atoms with Gasteiger partial charge in [-0.1, -0.05) is 0 Å². The lowest BCUT2D eigenvalue weighted by atomic mass is 10.2. The van der Waals surface area contributed by atoms with Gasteiger partial charge in [0.05, 0.1) is 31.9 Å². The van der Waals surface area contributed by atoms with Gasteiger partial charge in [0, 0.05) is 6.54 Å². The Hall–Kier alpha value is -0.650. The molecule has 0 saturated carbocycles. The highest BCUT2D eigenvalue weighted by Crippen LogP contribution is 2.07. The summed E-state index contributed by atoms with van der Waals surface area (Å²) in [4.78, 5) is 13.1. The molecule has 2 atom stereocenters. The van der Waals surface area contributed by atoms with Crippen LogP contribution in [0.25, 0.3) is 0 Å². The van der Waals surface area contributed by atoms with Gasteiger partial charge in [-0.05, 0) is 6.92 Å². The van der Waals surface area contributed by atoms with E-state index >= 15 is 0 Å². The highest BCUT2D eigenvalue weighted by atomic mass is 16.5. The number of morpholine rings is 1. The Morgan fingerprint density at radius 3 is 3.08 bits per heavy atom. The molecular formula is C8H16N2O3. The summed E-state index contributed by atoms with van der Waals surface area (Å²) >= 11 is 0. The second-order valence-electron chi connectivity index (χ2n) is 3.23. The molecule has 76 valence electrons. The van der Waals surface area contributed by atoms with Crippen molar-refractivity contribution in [1.82, 2.24) is 4.90 Å². The molecule has 5 heteroatoms. The summed E-state index contributed by atoms with van der Waals surface area (Å²) in [6.45, 7) is 3.01. The van der Waals surface area contributed by atoms with Crippen molar-refractivity contribution >= 4 is 5.91 Å². The molecule has 0 bridgehead atoms. The van der Waals surface area contributed by atoms with E-state index in [-0.39, 0.29) is 18.6 Å². The van der Waals surface area contributed by atoms with Crippen molar-refractivity contribution in [2.75, 3.05) is 26.4 Å². The number of nitrogens with two attached hydrogens (primary N) is 1. The maximum Gasteiger partial charge on any atom is 0.239 e. The average Bonchev–Trinajstić information content (AvgIpc) is 2.16. The number of aliphatic hydroxyl groups excluding tert-OH is 1. The summed E-state index contributed by atoms with van der Waals surface area (Å²) in [6.07, 6.45) is 0. The van der Waals surface area contributed by atoms with Crippen LogP contribution in [-0.4, -0.2) is 54.4 Å². The fourth-order valence-electron chi connectivity index (χ4n) is 1.36. The number of rotatable bonds is 2. The van der Waals surface area contributed by atoms with Gasteiger partial charge < -0.3 is 20.5 Å². The minimum absolute atomic E-state index is 0.0710. The van der Waals surface area contributed by atoms with Crippen LogP contribution in [0.3, 0.4) is 0 Å². The minimum atomic E-state index is -0.507. The lowest BCUT2D eigenvalue weighted by Gasteiger charge is -2.35. The zero-order valence-electron chi connectivity index (χ0n) is 7.77. The summed E-state index contributed by atoms with van der Waals surface area (Å²) in [5.74, 6) is -0.123. The van der Waals surface area contributed by atoms with E-state index in [1.54, 1.807) is 11.8 Å². The Labute approximate surface area is 77.5 Å². The third-order valence-electron chi connectivity index (χ3n) is 2.11. The number of carbonyl (C=O) groups excluding carboxylic acids is 1. The number of nitrogens with zero attached hydrogens (tertiary/aromatic N) is 1. The second-order valence-corrected chi connectivity index (χ2v) is 3.23. The van der Waals surface area contributed by atoms with Crippen LogP contribution in [0.1, 0.15) is 6.92 Å². The van der Waals surface area contributed by atoms with Crippen LogP contribution < -0.4 is 5.73 Å². The molecule has 1 fully saturated rings. The van der Waals surface area contributed by atoms with Gasteiger partial charge in [0.15, 0.2) is 0 Å². The molecule has 1 rings (SSSR count). The summed E-state index contributed by atoms with van der Waals surface area (Å²) in [6, 6.07) is -0.737. The fraction of sp³-hybridized carbons (Fsp3) is 0.875. The maximum absolute atomic E-state index is 11.5. The van der Waals surface area contributed by atoms with Crippen molar-refractivity contribution in [2.45, 2.75) is 19.0 Å². The molecule has 0 aromatic rings. The number of aliphatic hydroxyl groups is 1. The monoisotopic (exact) mass is 188 g/mol. The van der Waals surface area contributed by atoms with Crippen LogP contribution >= 0.6 is 0 Å². The van der Waals surface area contributed by atoms with Gasteiger partial charge in [0.1, 0.15) is 0 Å². The Bertz CT molecular complexity index is 184. The molecular weight excluding hydrogens is 172 g/mol. The summed E-state index contributed by atoms with van der Waals surface area (Å²) < 4.78 is 5.14. The van der Waals surface area contributed by atoms with E-state index in [2.05, 4.69) is 0 Å². The van der Waals surface area contributed by atoms with Gasteiger partial charge in [0.25, 0.3) is 0 Å². The third-order valence-corrected chi connectivity index (χ3v) is 2.11. The summed E-state index contributed by atoms with van der Waals surface area (Å²) in [7, 11) is 0. The van der Waals surface area contributed by atoms with Gasteiger partial charge in [0.2, 0.25) is 5.91 Å². The zero-order valence-corrected chi connectivity index (χ0v) is 7.77. The first kappa shape index (κ1) is 10.4. The van der Waals surface area contributed by atoms with Crippen LogP contribution in [0.15, 0.2) is 0 Å². The van der Waals surface area contributed by atoms with Crippen molar-refractivity contribution in [1.29, 1.82) is 0 Å². The van der Waals surface area contributed by atoms with Gasteiger partial charge in [-0.3, -0.25) is 4.79 Å². The van der Waals surface area contributed by atoms with Gasteiger partial charge >= 0.3 is 0 Å². The van der Waals surface area contributed by atoms with Crippen LogP contribution in [-0.2, 0) is 9.53 Å². The maximum atomic E-state index is 11.5. The first-order chi connectivity index (χ1) is 6.16. The highest BCUT2D eigenvalue weighted by Gasteiger charge is 2.28. The molecule has 0 spiro atoms. The second kappa shape index (κ2) is 4.55. The molecule has 0 aliphatic carbocycles. The number of carbonyl (C=O) groups is 1. The van der Waals surface area contributed by atoms with E-state index in [0.29, 0.717) is 19.8 Å². The molecule has 0 aromatic carbocycles. The van der Waals surface area contributed by atoms with Crippen molar-refractivity contribution in [3.8, 4) is 0 Å². The number of ether oxygens (including phenoxy) is 1. The van der Waals surface area contributed by atoms with E-state index < -0.39 is 6.04 Å². The van der Waals surface area contributed by atoms with E-state index in [1.807, 2.05) is 0 Å². The standard InChI is InChI=1S/C8H16N2O3/c1-6(9)8(12)10-2-3-13-5-7(10)4-11/h6-7,11H,2-5,9H2,1H3. The van der Waals surface area contributed by atoms with E-state index in [4.69, 9.17) is 15.6 Å². The smallest absolute Gasteiger partial charge is 0.239 e. The molecule has 0 aromatic heterocycles. The van der Waals surface area contributed by atoms with E-state index in [1.165, 1.54) is 0 Å². The minimum Gasteiger partial charge on any atom is -0.394 e. The fourth-order valence-corrected chi connectivity index (χ4v) is 1.36. The Balaban J connectivity index is 2.58. The SMILES string of the molecule is CC(N)C(=O)N1CCOCC1CO. The molecule has 13 heavy (non-hydrogen) atoms. The molecule has 1 aliphatic rings. The number of amides is 1. The Morgan fingerprint density at radius 1 is 1.85 bits per heavy atom. The lowest BCUT2D eigenvalue weighted by Crippen LogP contribution is -2.54. The van der Waals surface area contributed by atoms with Crippen LogP contribution in [0.2, 0.25) is 0 Å². The first-order valence-electron chi connectivity index (χ1n) is 4.41. The van der Waals surface area contributed by atoms with Crippen molar-refractivity contribution in [3.63, 3.8) is 0 Å². The molecule has 1 heterocycles. The normalized spacial score (nSPS) is 25.8. The van der Waals surface area contributed by atoms with Crippen molar-refractivity contribution in [2.24, 2.45) is 5.73 Å². The predicted octanol–water partition coefficient (Wildman–Crippen LogP) is -1.45. The van der Waals surface area contributed by atoms with Crippen molar-refractivity contribution in [3.05, 3.63) is 0 Å². The molecule has 1 amide bonds. The van der Waals surface area contributed by atoms with Crippen LogP contribution in [0, 0.1) is 0 Å². The summed E-state index contributed by atoms with van der Waals surface area (Å²) in [5.41, 5.74) is 5.47. The zero-order chi connectivity index (χ0) is 9.84. The largest absolute Gasteiger partial charge is 0.394 e. The Morgan fingerprint density at radius 2 is 2.54 bits per heavy atom. The average molecular weight is 188 g/mol. The first-order valence-corrected chi connectivity index (χ1v) is 4.41. The molecule has 2 unspecified atom stereocenters. The van der Waals surface area contributed by atoms with Gasteiger partial charge in [-0.2, -0.15) is 0 Å². The molecule has 1 aliphatic heterocycles. The van der Waals surface area contributed by atoms with Gasteiger partial charge in [-0.15, -0.1) is 0 Å². The molecule has 3 N–H and O–H groups in total. The third kappa shape index (κ3) is 2.40. The lowest BCUT2D eigenvalue weighted by molar-refractivity contribution is -0.142. The molecule has 0 radical (unpaired) electrons. The number of hydrogen-bond donors (Lipinski definition) is 2. The number of hydrogen-bond acceptors (Lipinski definition) is 4. The van der Waals surface area contributed by atoms with Crippen LogP contribution in [0.4, 0.5) is 0 Å². The van der Waals surface area contributed by atoms with E-state index in [9.17, 15) is 4.79 Å². The highest BCUT2D eigenvalue weighted by molar-refractivity contribution is 5.81. The molecule has 5 nitrogen and oxygen atoms in total. The van der Waals surface area contributed by atoms with Crippen LogP contribution in [0.5, 0.6) is 0 Å². The van der Waals surface area contributed by atoms with Crippen molar-refractivity contribution < 1.29 is 14.6 Å². The van der Waals surface area contributed by atoms with Gasteiger partial charge in [-0.25, -0.2) is 0 Å². The summed E-state index contributed by atoms with van der Waals surface area (Å²) in [5, 5.41) is 8.98. The quantitative estimate of drug-likeness (QED) is 0.556. The topological polar surface area (TPSA) is 75.8 Å².